The van der Waals surface area contributed by atoms with Gasteiger partial charge in [-0.2, -0.15) is 18.3 Å². The Morgan fingerprint density at radius 2 is 1.82 bits per heavy atom. The highest BCUT2D eigenvalue weighted by Crippen LogP contribution is 2.28. The van der Waals surface area contributed by atoms with Crippen LogP contribution in [0.2, 0.25) is 10.0 Å². The van der Waals surface area contributed by atoms with Gasteiger partial charge in [0.05, 0.1) is 0 Å². The molecule has 1 amide bonds. The molecule has 0 radical (unpaired) electrons. The van der Waals surface area contributed by atoms with Gasteiger partial charge in [-0.25, -0.2) is 0 Å². The average Bonchev–Trinajstić information content (AvgIpc) is 2.99. The minimum absolute atomic E-state index is 0.203. The van der Waals surface area contributed by atoms with Gasteiger partial charge in [-0.05, 0) is 30.7 Å². The molecule has 5 nitrogen and oxygen atoms in total. The Labute approximate surface area is 170 Å². The maximum atomic E-state index is 12.8. The van der Waals surface area contributed by atoms with Gasteiger partial charge in [-0.15, -0.1) is 0 Å². The van der Waals surface area contributed by atoms with Crippen molar-refractivity contribution in [1.82, 2.24) is 19.6 Å². The van der Waals surface area contributed by atoms with Crippen LogP contribution < -0.4 is 0 Å². The third-order valence-corrected chi connectivity index (χ3v) is 5.28. The summed E-state index contributed by atoms with van der Waals surface area (Å²) in [5.41, 5.74) is 0.275. The van der Waals surface area contributed by atoms with Gasteiger partial charge in [0.25, 0.3) is 0 Å². The van der Waals surface area contributed by atoms with E-state index in [9.17, 15) is 18.0 Å². The van der Waals surface area contributed by atoms with Gasteiger partial charge < -0.3 is 4.90 Å². The summed E-state index contributed by atoms with van der Waals surface area (Å²) in [6, 6.07) is 6.30. The van der Waals surface area contributed by atoms with Crippen LogP contribution in [0.1, 0.15) is 17.0 Å². The van der Waals surface area contributed by atoms with Gasteiger partial charge in [-0.3, -0.25) is 14.4 Å². The van der Waals surface area contributed by atoms with Crippen LogP contribution in [-0.2, 0) is 24.1 Å². The molecule has 0 saturated carbocycles. The molecule has 1 fully saturated rings. The monoisotopic (exact) mass is 434 g/mol. The number of nitrogens with zero attached hydrogens (tertiary/aromatic N) is 4. The first-order valence-electron chi connectivity index (χ1n) is 8.69. The molecule has 3 rings (SSSR count). The summed E-state index contributed by atoms with van der Waals surface area (Å²) < 4.78 is 39.4. The lowest BCUT2D eigenvalue weighted by Crippen LogP contribution is -2.49. The lowest BCUT2D eigenvalue weighted by atomic mass is 10.2. The van der Waals surface area contributed by atoms with Gasteiger partial charge >= 0.3 is 6.18 Å². The second-order valence-corrected chi connectivity index (χ2v) is 7.56. The molecule has 0 spiro atoms. The highest BCUT2D eigenvalue weighted by Gasteiger charge is 2.34. The molecular weight excluding hydrogens is 416 g/mol. The van der Waals surface area contributed by atoms with Crippen LogP contribution in [0.5, 0.6) is 0 Å². The number of carbonyl (C=O) groups is 1. The van der Waals surface area contributed by atoms with Crippen molar-refractivity contribution in [1.29, 1.82) is 0 Å². The van der Waals surface area contributed by atoms with Crippen LogP contribution in [-0.4, -0.2) is 51.7 Å². The molecule has 1 aromatic heterocycles. The second kappa shape index (κ2) is 8.31. The summed E-state index contributed by atoms with van der Waals surface area (Å²) in [5.74, 6) is -0.246. The van der Waals surface area contributed by atoms with E-state index in [0.717, 1.165) is 16.3 Å². The third kappa shape index (κ3) is 4.98. The van der Waals surface area contributed by atoms with Crippen molar-refractivity contribution in [3.8, 4) is 0 Å². The van der Waals surface area contributed by atoms with E-state index in [1.165, 1.54) is 6.92 Å². The molecule has 1 saturated heterocycles. The number of carbonyl (C=O) groups excluding carboxylic acids is 1. The standard InChI is InChI=1S/C18H19Cl2F3N4O/c1-12-8-16(18(21,22)23)24-27(12)11-17(28)26-6-4-25(5-7-26)10-13-2-3-14(19)9-15(13)20/h2-3,8-9H,4-7,10-11H2,1H3. The van der Waals surface area contributed by atoms with Crippen LogP contribution in [0, 0.1) is 6.92 Å². The molecule has 1 aliphatic heterocycles. The molecule has 28 heavy (non-hydrogen) atoms. The van der Waals surface area contributed by atoms with Crippen molar-refractivity contribution in [3.63, 3.8) is 0 Å². The van der Waals surface area contributed by atoms with Crippen LogP contribution in [0.25, 0.3) is 0 Å². The Hall–Kier alpha value is -1.77. The molecule has 2 heterocycles. The van der Waals surface area contributed by atoms with E-state index in [0.29, 0.717) is 48.5 Å². The predicted molar refractivity (Wildman–Crippen MR) is 100 cm³/mol. The zero-order valence-corrected chi connectivity index (χ0v) is 16.7. The number of aromatic nitrogens is 2. The van der Waals surface area contributed by atoms with Gasteiger partial charge in [0.15, 0.2) is 5.69 Å². The Morgan fingerprint density at radius 1 is 1.14 bits per heavy atom. The van der Waals surface area contributed by atoms with Crippen LogP contribution >= 0.6 is 23.2 Å². The maximum Gasteiger partial charge on any atom is 0.435 e. The van der Waals surface area contributed by atoms with Gasteiger partial charge in [0.1, 0.15) is 6.54 Å². The fourth-order valence-corrected chi connectivity index (χ4v) is 3.55. The largest absolute Gasteiger partial charge is 0.435 e. The minimum atomic E-state index is -4.52. The Morgan fingerprint density at radius 3 is 2.39 bits per heavy atom. The highest BCUT2D eigenvalue weighted by atomic mass is 35.5. The first-order valence-corrected chi connectivity index (χ1v) is 9.45. The number of benzene rings is 1. The zero-order chi connectivity index (χ0) is 20.5. The molecule has 0 unspecified atom stereocenters. The van der Waals surface area contributed by atoms with Gasteiger partial charge in [0.2, 0.25) is 5.91 Å². The summed E-state index contributed by atoms with van der Waals surface area (Å²) >= 11 is 12.1. The SMILES string of the molecule is Cc1cc(C(F)(F)F)nn1CC(=O)N1CCN(Cc2ccc(Cl)cc2Cl)CC1. The van der Waals surface area contributed by atoms with E-state index < -0.39 is 11.9 Å². The molecule has 2 aromatic rings. The maximum absolute atomic E-state index is 12.8. The van der Waals surface area contributed by atoms with Crippen molar-refractivity contribution < 1.29 is 18.0 Å². The number of rotatable bonds is 4. The molecule has 1 aromatic carbocycles. The molecule has 1 aliphatic rings. The summed E-state index contributed by atoms with van der Waals surface area (Å²) in [6.07, 6.45) is -4.52. The topological polar surface area (TPSA) is 41.4 Å². The number of hydrogen-bond donors (Lipinski definition) is 0. The first kappa shape index (κ1) is 21.0. The number of piperazine rings is 1. The molecule has 10 heteroatoms. The van der Waals surface area contributed by atoms with Crippen molar-refractivity contribution in [2.45, 2.75) is 26.2 Å². The van der Waals surface area contributed by atoms with E-state index in [1.54, 1.807) is 17.0 Å². The number of hydrogen-bond acceptors (Lipinski definition) is 3. The summed E-state index contributed by atoms with van der Waals surface area (Å²) in [7, 11) is 0. The highest BCUT2D eigenvalue weighted by molar-refractivity contribution is 6.35. The van der Waals surface area contributed by atoms with Crippen molar-refractivity contribution in [2.75, 3.05) is 26.2 Å². The van der Waals surface area contributed by atoms with Crippen LogP contribution in [0.15, 0.2) is 24.3 Å². The minimum Gasteiger partial charge on any atom is -0.339 e. The van der Waals surface area contributed by atoms with E-state index in [4.69, 9.17) is 23.2 Å². The fraction of sp³-hybridized carbons (Fsp3) is 0.444. The summed E-state index contributed by atoms with van der Waals surface area (Å²) in [5, 5.41) is 4.69. The van der Waals surface area contributed by atoms with E-state index >= 15 is 0 Å². The molecule has 152 valence electrons. The quantitative estimate of drug-likeness (QED) is 0.733. The number of halogens is 5. The third-order valence-electron chi connectivity index (χ3n) is 4.69. The normalized spacial score (nSPS) is 15.9. The van der Waals surface area contributed by atoms with Crippen LogP contribution in [0.4, 0.5) is 13.2 Å². The molecular formula is C18H19Cl2F3N4O. The Bertz CT molecular complexity index is 861. The first-order chi connectivity index (χ1) is 13.1. The smallest absolute Gasteiger partial charge is 0.339 e. The zero-order valence-electron chi connectivity index (χ0n) is 15.1. The van der Waals surface area contributed by atoms with Crippen molar-refractivity contribution >= 4 is 29.1 Å². The predicted octanol–water partition coefficient (Wildman–Crippen LogP) is 3.86. The number of aryl methyl sites for hydroxylation is 1. The summed E-state index contributed by atoms with van der Waals surface area (Å²) in [6.45, 7) is 4.24. The second-order valence-electron chi connectivity index (χ2n) is 6.72. The number of amides is 1. The Kier molecular flexibility index (Phi) is 6.21. The lowest BCUT2D eigenvalue weighted by Gasteiger charge is -2.35. The van der Waals surface area contributed by atoms with E-state index in [1.807, 2.05) is 6.07 Å². The summed E-state index contributed by atoms with van der Waals surface area (Å²) in [4.78, 5) is 16.3. The molecule has 0 atom stereocenters. The molecule has 0 N–H and O–H groups in total. The Balaban J connectivity index is 1.55. The van der Waals surface area contributed by atoms with Crippen LogP contribution in [0.3, 0.4) is 0 Å². The van der Waals surface area contributed by atoms with E-state index in [-0.39, 0.29) is 12.5 Å². The van der Waals surface area contributed by atoms with Gasteiger partial charge in [-0.1, -0.05) is 29.3 Å². The van der Waals surface area contributed by atoms with Gasteiger partial charge in [0, 0.05) is 48.5 Å². The average molecular weight is 435 g/mol. The lowest BCUT2D eigenvalue weighted by molar-refractivity contribution is -0.142. The van der Waals surface area contributed by atoms with Crippen molar-refractivity contribution in [3.05, 3.63) is 51.3 Å². The van der Waals surface area contributed by atoms with E-state index in [2.05, 4.69) is 10.00 Å². The number of alkyl halides is 3. The molecule has 0 aliphatic carbocycles. The molecule has 0 bridgehead atoms. The van der Waals surface area contributed by atoms with Crippen molar-refractivity contribution in [2.24, 2.45) is 0 Å². The fourth-order valence-electron chi connectivity index (χ4n) is 3.08.